The molecule has 0 bridgehead atoms. The van der Waals surface area contributed by atoms with Crippen LogP contribution in [0.3, 0.4) is 0 Å². The zero-order valence-corrected chi connectivity index (χ0v) is 19.2. The highest BCUT2D eigenvalue weighted by Crippen LogP contribution is 2.20. The van der Waals surface area contributed by atoms with E-state index in [0.29, 0.717) is 37.8 Å². The molecular formula is C21H29FIN3O2. The Kier molecular flexibility index (Phi) is 10.8. The monoisotopic (exact) mass is 501 g/mol. The molecule has 0 amide bonds. The summed E-state index contributed by atoms with van der Waals surface area (Å²) in [5.74, 6) is 1.27. The van der Waals surface area contributed by atoms with Gasteiger partial charge in [-0.2, -0.15) is 0 Å². The van der Waals surface area contributed by atoms with E-state index >= 15 is 0 Å². The average Bonchev–Trinajstić information content (AvgIpc) is 2.66. The maximum atomic E-state index is 13.7. The lowest BCUT2D eigenvalue weighted by atomic mass is 10.1. The van der Waals surface area contributed by atoms with Crippen LogP contribution in [0.4, 0.5) is 4.39 Å². The van der Waals surface area contributed by atoms with E-state index in [2.05, 4.69) is 15.6 Å². The van der Waals surface area contributed by atoms with Crippen LogP contribution in [0.25, 0.3) is 0 Å². The van der Waals surface area contributed by atoms with Gasteiger partial charge in [0.25, 0.3) is 0 Å². The van der Waals surface area contributed by atoms with Gasteiger partial charge in [-0.25, -0.2) is 4.39 Å². The number of hydrogen-bond donors (Lipinski definition) is 2. The smallest absolute Gasteiger partial charge is 0.191 e. The minimum absolute atomic E-state index is 0. The fourth-order valence-corrected chi connectivity index (χ4v) is 2.51. The maximum absolute atomic E-state index is 13.7. The van der Waals surface area contributed by atoms with E-state index in [4.69, 9.17) is 9.47 Å². The second-order valence-corrected chi connectivity index (χ2v) is 6.32. The van der Waals surface area contributed by atoms with Crippen LogP contribution >= 0.6 is 24.0 Å². The Morgan fingerprint density at radius 2 is 1.79 bits per heavy atom. The molecule has 154 valence electrons. The highest BCUT2D eigenvalue weighted by Gasteiger charge is 2.07. The molecule has 0 atom stereocenters. The summed E-state index contributed by atoms with van der Waals surface area (Å²) in [7, 11) is 3.36. The Bertz CT molecular complexity index is 784. The van der Waals surface area contributed by atoms with Gasteiger partial charge in [-0.1, -0.05) is 24.3 Å². The third-order valence-electron chi connectivity index (χ3n) is 4.13. The van der Waals surface area contributed by atoms with Gasteiger partial charge in [-0.3, -0.25) is 4.99 Å². The molecule has 0 radical (unpaired) electrons. The number of halogens is 2. The van der Waals surface area contributed by atoms with E-state index < -0.39 is 0 Å². The topological polar surface area (TPSA) is 54.9 Å². The molecule has 7 heteroatoms. The number of hydrogen-bond acceptors (Lipinski definition) is 3. The van der Waals surface area contributed by atoms with Gasteiger partial charge in [0.2, 0.25) is 0 Å². The van der Waals surface area contributed by atoms with Gasteiger partial charge in [0.15, 0.2) is 5.96 Å². The number of aliphatic imine (C=N–C) groups is 1. The van der Waals surface area contributed by atoms with Crippen LogP contribution in [0.15, 0.2) is 41.4 Å². The summed E-state index contributed by atoms with van der Waals surface area (Å²) < 4.78 is 24.5. The van der Waals surface area contributed by atoms with Crippen LogP contribution in [0, 0.1) is 19.7 Å². The Morgan fingerprint density at radius 1 is 1.04 bits per heavy atom. The summed E-state index contributed by atoms with van der Waals surface area (Å²) in [5, 5.41) is 6.46. The molecule has 0 saturated heterocycles. The van der Waals surface area contributed by atoms with Crippen molar-refractivity contribution >= 4 is 29.9 Å². The van der Waals surface area contributed by atoms with Gasteiger partial charge in [0.05, 0.1) is 6.61 Å². The number of aryl methyl sites for hydroxylation is 2. The highest BCUT2D eigenvalue weighted by molar-refractivity contribution is 14.0. The van der Waals surface area contributed by atoms with Crippen molar-refractivity contribution in [2.45, 2.75) is 26.9 Å². The lowest BCUT2D eigenvalue weighted by molar-refractivity contribution is 0.145. The molecule has 0 fully saturated rings. The predicted octanol–water partition coefficient (Wildman–Crippen LogP) is 3.95. The summed E-state index contributed by atoms with van der Waals surface area (Å²) in [6.07, 6.45) is 0. The molecule has 5 nitrogen and oxygen atoms in total. The first kappa shape index (κ1) is 24.2. The quantitative estimate of drug-likeness (QED) is 0.249. The van der Waals surface area contributed by atoms with Crippen molar-refractivity contribution in [3.8, 4) is 5.75 Å². The van der Waals surface area contributed by atoms with Crippen LogP contribution in [0.1, 0.15) is 22.3 Å². The van der Waals surface area contributed by atoms with Gasteiger partial charge in [-0.15, -0.1) is 24.0 Å². The second-order valence-electron chi connectivity index (χ2n) is 6.32. The maximum Gasteiger partial charge on any atom is 0.191 e. The van der Waals surface area contributed by atoms with Crippen molar-refractivity contribution in [2.75, 3.05) is 27.4 Å². The first-order chi connectivity index (χ1) is 13.0. The number of ether oxygens (including phenoxy) is 2. The largest absolute Gasteiger partial charge is 0.491 e. The summed E-state index contributed by atoms with van der Waals surface area (Å²) in [6.45, 7) is 5.87. The normalized spacial score (nSPS) is 11.0. The minimum Gasteiger partial charge on any atom is -0.491 e. The molecule has 28 heavy (non-hydrogen) atoms. The standard InChI is InChI=1S/C21H28FN3O2.HI/c1-15-5-8-18(20(11-15)27-10-9-26-4)14-25-21(23-3)24-13-17-7-6-16(2)19(22)12-17;/h5-8,11-12H,9-10,13-14H2,1-4H3,(H2,23,24,25);1H. The Labute approximate surface area is 183 Å². The fraction of sp³-hybridized carbons (Fsp3) is 0.381. The Hall–Kier alpha value is -1.87. The van der Waals surface area contributed by atoms with E-state index in [1.54, 1.807) is 27.1 Å². The molecule has 0 unspecified atom stereocenters. The number of guanidine groups is 1. The van der Waals surface area contributed by atoms with Crippen molar-refractivity contribution in [1.29, 1.82) is 0 Å². The van der Waals surface area contributed by atoms with Gasteiger partial charge in [0, 0.05) is 32.8 Å². The SMILES string of the molecule is CN=C(NCc1ccc(C)c(F)c1)NCc1ccc(C)cc1OCCOC.I. The number of rotatable bonds is 8. The van der Waals surface area contributed by atoms with Gasteiger partial charge in [0.1, 0.15) is 18.2 Å². The summed E-state index contributed by atoms with van der Waals surface area (Å²) in [5.41, 5.74) is 3.66. The zero-order chi connectivity index (χ0) is 19.6. The molecule has 2 N–H and O–H groups in total. The molecule has 0 heterocycles. The van der Waals surface area contributed by atoms with Crippen molar-refractivity contribution in [3.63, 3.8) is 0 Å². The lowest BCUT2D eigenvalue weighted by Crippen LogP contribution is -2.36. The molecule has 2 rings (SSSR count). The molecule has 0 aliphatic rings. The Balaban J connectivity index is 0.00000392. The molecule has 2 aromatic carbocycles. The number of methoxy groups -OCH3 is 1. The van der Waals surface area contributed by atoms with Crippen molar-refractivity contribution in [1.82, 2.24) is 10.6 Å². The third kappa shape index (κ3) is 7.63. The van der Waals surface area contributed by atoms with Gasteiger partial charge < -0.3 is 20.1 Å². The van der Waals surface area contributed by atoms with Crippen LogP contribution in [-0.2, 0) is 17.8 Å². The van der Waals surface area contributed by atoms with E-state index in [1.807, 2.05) is 31.2 Å². The summed E-state index contributed by atoms with van der Waals surface area (Å²) >= 11 is 0. The van der Waals surface area contributed by atoms with Crippen LogP contribution in [0.2, 0.25) is 0 Å². The zero-order valence-electron chi connectivity index (χ0n) is 16.8. The van der Waals surface area contributed by atoms with Crippen molar-refractivity contribution in [3.05, 3.63) is 64.5 Å². The van der Waals surface area contributed by atoms with E-state index in [-0.39, 0.29) is 29.8 Å². The summed E-state index contributed by atoms with van der Waals surface area (Å²) in [4.78, 5) is 4.22. The molecule has 2 aromatic rings. The molecule has 0 aromatic heterocycles. The average molecular weight is 501 g/mol. The number of nitrogens with zero attached hydrogens (tertiary/aromatic N) is 1. The predicted molar refractivity (Wildman–Crippen MR) is 122 cm³/mol. The van der Waals surface area contributed by atoms with E-state index in [9.17, 15) is 4.39 Å². The third-order valence-corrected chi connectivity index (χ3v) is 4.13. The first-order valence-corrected chi connectivity index (χ1v) is 8.94. The number of nitrogens with one attached hydrogen (secondary N) is 2. The van der Waals surface area contributed by atoms with Crippen molar-refractivity contribution in [2.24, 2.45) is 4.99 Å². The second kappa shape index (κ2) is 12.6. The molecule has 0 spiro atoms. The van der Waals surface area contributed by atoms with E-state index in [1.165, 1.54) is 6.07 Å². The summed E-state index contributed by atoms with van der Waals surface area (Å²) in [6, 6.07) is 11.3. The molecule has 0 saturated carbocycles. The minimum atomic E-state index is -0.199. The van der Waals surface area contributed by atoms with Crippen LogP contribution in [0.5, 0.6) is 5.75 Å². The Morgan fingerprint density at radius 3 is 2.46 bits per heavy atom. The first-order valence-electron chi connectivity index (χ1n) is 8.94. The van der Waals surface area contributed by atoms with Gasteiger partial charge >= 0.3 is 0 Å². The van der Waals surface area contributed by atoms with Crippen LogP contribution in [-0.4, -0.2) is 33.3 Å². The lowest BCUT2D eigenvalue weighted by Gasteiger charge is -2.15. The van der Waals surface area contributed by atoms with Gasteiger partial charge in [-0.05, 0) is 42.7 Å². The molecular weight excluding hydrogens is 472 g/mol. The highest BCUT2D eigenvalue weighted by atomic mass is 127. The van der Waals surface area contributed by atoms with Crippen LogP contribution < -0.4 is 15.4 Å². The van der Waals surface area contributed by atoms with E-state index in [0.717, 1.165) is 22.4 Å². The molecule has 0 aliphatic carbocycles. The molecule has 0 aliphatic heterocycles. The number of benzene rings is 2. The fourth-order valence-electron chi connectivity index (χ4n) is 2.51. The van der Waals surface area contributed by atoms with Crippen molar-refractivity contribution < 1.29 is 13.9 Å².